The average molecular weight is 470 g/mol. The lowest BCUT2D eigenvalue weighted by atomic mass is 9.75. The smallest absolute Gasteiger partial charge is 0.250 e. The quantitative estimate of drug-likeness (QED) is 0.639. The SMILES string of the molecule is Cc1cc(C)c2c(c1)[C@@]1(C(=O)N2)[C@@H]2C(=O)N(c3ccc(Cl)cc3Cl)C(=O)[C@@H]2[C@H]2CCCN21. The molecule has 2 aromatic rings. The Morgan fingerprint density at radius 1 is 1.06 bits per heavy atom. The van der Waals surface area contributed by atoms with Crippen molar-refractivity contribution < 1.29 is 14.4 Å². The normalized spacial score (nSPS) is 30.8. The van der Waals surface area contributed by atoms with Gasteiger partial charge in [-0.15, -0.1) is 0 Å². The Balaban J connectivity index is 1.58. The molecule has 32 heavy (non-hydrogen) atoms. The highest BCUT2D eigenvalue weighted by atomic mass is 35.5. The maximum absolute atomic E-state index is 14.0. The summed E-state index contributed by atoms with van der Waals surface area (Å²) in [5, 5.41) is 3.71. The van der Waals surface area contributed by atoms with Gasteiger partial charge in [0, 0.05) is 22.3 Å². The summed E-state index contributed by atoms with van der Waals surface area (Å²) in [6.45, 7) is 4.62. The Morgan fingerprint density at radius 3 is 2.59 bits per heavy atom. The number of carbonyl (C=O) groups excluding carboxylic acids is 3. The molecule has 0 radical (unpaired) electrons. The number of imide groups is 1. The Bertz CT molecular complexity index is 1250. The monoisotopic (exact) mass is 469 g/mol. The lowest BCUT2D eigenvalue weighted by molar-refractivity contribution is -0.135. The van der Waals surface area contributed by atoms with Crippen molar-refractivity contribution in [3.63, 3.8) is 0 Å². The van der Waals surface area contributed by atoms with E-state index in [-0.39, 0.29) is 28.8 Å². The molecule has 0 aromatic heterocycles. The van der Waals surface area contributed by atoms with E-state index in [2.05, 4.69) is 10.2 Å². The number of benzene rings is 2. The van der Waals surface area contributed by atoms with Crippen molar-refractivity contribution in [1.82, 2.24) is 4.90 Å². The summed E-state index contributed by atoms with van der Waals surface area (Å²) in [6, 6.07) is 8.58. The number of halogens is 2. The van der Waals surface area contributed by atoms with Crippen LogP contribution in [0.4, 0.5) is 11.4 Å². The second-order valence-electron chi connectivity index (χ2n) is 9.24. The van der Waals surface area contributed by atoms with Crippen molar-refractivity contribution >= 4 is 52.3 Å². The fourth-order valence-electron chi connectivity index (χ4n) is 6.56. The van der Waals surface area contributed by atoms with E-state index in [9.17, 15) is 14.4 Å². The van der Waals surface area contributed by atoms with Crippen LogP contribution in [0, 0.1) is 25.7 Å². The number of amides is 3. The van der Waals surface area contributed by atoms with Crippen LogP contribution in [0.3, 0.4) is 0 Å². The van der Waals surface area contributed by atoms with Crippen LogP contribution in [0.1, 0.15) is 29.5 Å². The first-order chi connectivity index (χ1) is 15.3. The number of rotatable bonds is 1. The van der Waals surface area contributed by atoms with Gasteiger partial charge in [0.25, 0.3) is 0 Å². The molecule has 6 rings (SSSR count). The first-order valence-corrected chi connectivity index (χ1v) is 11.5. The number of hydrogen-bond acceptors (Lipinski definition) is 4. The van der Waals surface area contributed by atoms with Gasteiger partial charge in [-0.3, -0.25) is 19.3 Å². The van der Waals surface area contributed by atoms with E-state index < -0.39 is 17.4 Å². The highest BCUT2D eigenvalue weighted by Crippen LogP contribution is 2.61. The van der Waals surface area contributed by atoms with E-state index >= 15 is 0 Å². The summed E-state index contributed by atoms with van der Waals surface area (Å²) in [5.74, 6) is -2.26. The second kappa shape index (κ2) is 6.56. The Morgan fingerprint density at radius 2 is 1.84 bits per heavy atom. The summed E-state index contributed by atoms with van der Waals surface area (Å²) < 4.78 is 0. The van der Waals surface area contributed by atoms with Gasteiger partial charge in [-0.1, -0.05) is 40.9 Å². The van der Waals surface area contributed by atoms with E-state index in [0.717, 1.165) is 35.2 Å². The predicted octanol–water partition coefficient (Wildman–Crippen LogP) is 4.04. The zero-order valence-electron chi connectivity index (χ0n) is 17.6. The van der Waals surface area contributed by atoms with Gasteiger partial charge in [-0.05, 0) is 57.0 Å². The zero-order valence-corrected chi connectivity index (χ0v) is 19.1. The van der Waals surface area contributed by atoms with E-state index in [0.29, 0.717) is 17.3 Å². The van der Waals surface area contributed by atoms with E-state index in [1.165, 1.54) is 11.0 Å². The van der Waals surface area contributed by atoms with E-state index in [1.54, 1.807) is 12.1 Å². The van der Waals surface area contributed by atoms with Crippen LogP contribution < -0.4 is 10.2 Å². The van der Waals surface area contributed by atoms with Crippen molar-refractivity contribution in [2.24, 2.45) is 11.8 Å². The number of fused-ring (bicyclic) bond motifs is 7. The third-order valence-electron chi connectivity index (χ3n) is 7.59. The molecule has 8 heteroatoms. The summed E-state index contributed by atoms with van der Waals surface area (Å²) in [5.41, 5.74) is 2.68. The van der Waals surface area contributed by atoms with Gasteiger partial charge in [-0.25, -0.2) is 4.90 Å². The molecule has 164 valence electrons. The Labute approximate surface area is 195 Å². The maximum Gasteiger partial charge on any atom is 0.250 e. The largest absolute Gasteiger partial charge is 0.324 e. The van der Waals surface area contributed by atoms with Crippen LogP contribution in [-0.4, -0.2) is 35.2 Å². The van der Waals surface area contributed by atoms with Gasteiger partial charge in [0.1, 0.15) is 5.54 Å². The molecule has 0 bridgehead atoms. The molecule has 4 aliphatic rings. The Hall–Kier alpha value is -2.41. The first-order valence-electron chi connectivity index (χ1n) is 10.8. The lowest BCUT2D eigenvalue weighted by Gasteiger charge is -2.37. The minimum atomic E-state index is -1.18. The average Bonchev–Trinajstić information content (AvgIpc) is 3.42. The van der Waals surface area contributed by atoms with Crippen LogP contribution >= 0.6 is 23.2 Å². The van der Waals surface area contributed by atoms with Crippen molar-refractivity contribution in [2.75, 3.05) is 16.8 Å². The van der Waals surface area contributed by atoms with Crippen molar-refractivity contribution in [3.8, 4) is 0 Å². The van der Waals surface area contributed by atoms with Crippen LogP contribution in [0.15, 0.2) is 30.3 Å². The topological polar surface area (TPSA) is 69.7 Å². The number of carbonyl (C=O) groups is 3. The zero-order chi connectivity index (χ0) is 22.5. The molecule has 2 aromatic carbocycles. The molecule has 0 unspecified atom stereocenters. The minimum Gasteiger partial charge on any atom is -0.324 e. The summed E-state index contributed by atoms with van der Waals surface area (Å²) in [4.78, 5) is 44.7. The fraction of sp³-hybridized carbons (Fsp3) is 0.375. The molecule has 0 saturated carbocycles. The minimum absolute atomic E-state index is 0.162. The molecular weight excluding hydrogens is 449 g/mol. The number of nitrogens with one attached hydrogen (secondary N) is 1. The maximum atomic E-state index is 14.0. The molecule has 0 aliphatic carbocycles. The number of nitrogens with zero attached hydrogens (tertiary/aromatic N) is 2. The Kier molecular flexibility index (Phi) is 4.15. The molecular formula is C24H21Cl2N3O3. The summed E-state index contributed by atoms with van der Waals surface area (Å²) in [6.07, 6.45) is 1.66. The number of hydrogen-bond donors (Lipinski definition) is 1. The van der Waals surface area contributed by atoms with E-state index in [4.69, 9.17) is 23.2 Å². The second-order valence-corrected chi connectivity index (χ2v) is 10.1. The van der Waals surface area contributed by atoms with Gasteiger partial charge in [0.15, 0.2) is 0 Å². The van der Waals surface area contributed by atoms with Crippen molar-refractivity contribution in [3.05, 3.63) is 57.1 Å². The van der Waals surface area contributed by atoms with Crippen LogP contribution in [0.2, 0.25) is 10.0 Å². The molecule has 1 spiro atoms. The standard InChI is InChI=1S/C24H21Cl2N3O3/c1-11-8-12(2)20-14(9-11)24(23(32)27-20)19-18(17-4-3-7-28(17)24)21(30)29(22(19)31)16-6-5-13(25)10-15(16)26/h5-6,8-10,17-19H,3-4,7H2,1-2H3,(H,27,32)/t17-,18-,19+,24+/m1/s1. The van der Waals surface area contributed by atoms with Crippen molar-refractivity contribution in [2.45, 2.75) is 38.3 Å². The molecule has 3 fully saturated rings. The highest BCUT2D eigenvalue weighted by molar-refractivity contribution is 6.38. The number of anilines is 2. The molecule has 6 nitrogen and oxygen atoms in total. The summed E-state index contributed by atoms with van der Waals surface area (Å²) >= 11 is 12.4. The molecule has 1 N–H and O–H groups in total. The van der Waals surface area contributed by atoms with Gasteiger partial charge < -0.3 is 5.32 Å². The summed E-state index contributed by atoms with van der Waals surface area (Å²) in [7, 11) is 0. The first kappa shape index (κ1) is 20.2. The lowest BCUT2D eigenvalue weighted by Crippen LogP contribution is -2.54. The third-order valence-corrected chi connectivity index (χ3v) is 8.13. The highest BCUT2D eigenvalue weighted by Gasteiger charge is 2.74. The molecule has 4 aliphatic heterocycles. The molecule has 4 heterocycles. The van der Waals surface area contributed by atoms with Gasteiger partial charge >= 0.3 is 0 Å². The molecule has 4 atom stereocenters. The van der Waals surface area contributed by atoms with Gasteiger partial charge in [-0.2, -0.15) is 0 Å². The number of aryl methyl sites for hydroxylation is 2. The van der Waals surface area contributed by atoms with E-state index in [1.807, 2.05) is 26.0 Å². The van der Waals surface area contributed by atoms with Gasteiger partial charge in [0.2, 0.25) is 17.7 Å². The molecule has 3 amide bonds. The van der Waals surface area contributed by atoms with Gasteiger partial charge in [0.05, 0.1) is 22.5 Å². The fourth-order valence-corrected chi connectivity index (χ4v) is 7.05. The molecule has 3 saturated heterocycles. The van der Waals surface area contributed by atoms with Crippen LogP contribution in [-0.2, 0) is 19.9 Å². The van der Waals surface area contributed by atoms with Crippen molar-refractivity contribution in [1.29, 1.82) is 0 Å². The van der Waals surface area contributed by atoms with Crippen LogP contribution in [0.5, 0.6) is 0 Å². The van der Waals surface area contributed by atoms with Crippen LogP contribution in [0.25, 0.3) is 0 Å². The third kappa shape index (κ3) is 2.28. The predicted molar refractivity (Wildman–Crippen MR) is 122 cm³/mol.